The highest BCUT2D eigenvalue weighted by molar-refractivity contribution is 5.97. The van der Waals surface area contributed by atoms with Crippen LogP contribution in [-0.4, -0.2) is 30.0 Å². The Kier molecular flexibility index (Phi) is 3.98. The summed E-state index contributed by atoms with van der Waals surface area (Å²) in [6, 6.07) is 16.8. The minimum Gasteiger partial charge on any atom is -0.479 e. The second-order valence-corrected chi connectivity index (χ2v) is 6.71. The van der Waals surface area contributed by atoms with Gasteiger partial charge in [-0.15, -0.1) is 0 Å². The van der Waals surface area contributed by atoms with Gasteiger partial charge in [-0.05, 0) is 49.1 Å². The Hall–Kier alpha value is -2.33. The number of nitrogens with one attached hydrogen (secondary N) is 1. The highest BCUT2D eigenvalue weighted by Crippen LogP contribution is 2.32. The van der Waals surface area contributed by atoms with E-state index >= 15 is 0 Å². The van der Waals surface area contributed by atoms with Gasteiger partial charge in [-0.3, -0.25) is 9.69 Å². The second-order valence-electron chi connectivity index (χ2n) is 6.71. The Morgan fingerprint density at radius 3 is 2.88 bits per heavy atom. The van der Waals surface area contributed by atoms with Crippen LogP contribution in [0.25, 0.3) is 0 Å². The van der Waals surface area contributed by atoms with Crippen LogP contribution in [0.5, 0.6) is 5.75 Å². The molecule has 0 aromatic heterocycles. The molecule has 1 fully saturated rings. The van der Waals surface area contributed by atoms with Crippen molar-refractivity contribution in [3.05, 3.63) is 59.7 Å². The Labute approximate surface area is 142 Å². The van der Waals surface area contributed by atoms with E-state index in [9.17, 15) is 4.79 Å². The van der Waals surface area contributed by atoms with E-state index in [1.165, 1.54) is 17.5 Å². The number of likely N-dealkylation sites (tertiary alicyclic amines) is 1. The lowest BCUT2D eigenvalue weighted by molar-refractivity contribution is -0.122. The highest BCUT2D eigenvalue weighted by Gasteiger charge is 2.26. The van der Waals surface area contributed by atoms with E-state index in [0.29, 0.717) is 5.92 Å². The number of amides is 1. The van der Waals surface area contributed by atoms with E-state index < -0.39 is 6.10 Å². The molecule has 0 bridgehead atoms. The van der Waals surface area contributed by atoms with Gasteiger partial charge in [0.05, 0.1) is 5.69 Å². The second kappa shape index (κ2) is 6.29. The molecule has 4 nitrogen and oxygen atoms in total. The lowest BCUT2D eigenvalue weighted by Crippen LogP contribution is -2.34. The van der Waals surface area contributed by atoms with Crippen LogP contribution in [0.1, 0.15) is 30.4 Å². The van der Waals surface area contributed by atoms with E-state index in [2.05, 4.69) is 52.7 Å². The molecular weight excluding hydrogens is 300 g/mol. The molecule has 1 saturated heterocycles. The van der Waals surface area contributed by atoms with Crippen LogP contribution in [-0.2, 0) is 11.3 Å². The molecule has 1 amide bonds. The van der Waals surface area contributed by atoms with Crippen LogP contribution < -0.4 is 10.1 Å². The van der Waals surface area contributed by atoms with Gasteiger partial charge in [0.1, 0.15) is 5.75 Å². The monoisotopic (exact) mass is 322 g/mol. The number of carbonyl (C=O) groups excluding carboxylic acids is 1. The quantitative estimate of drug-likeness (QED) is 0.942. The third-order valence-electron chi connectivity index (χ3n) is 4.93. The van der Waals surface area contributed by atoms with Gasteiger partial charge in [0, 0.05) is 13.1 Å². The summed E-state index contributed by atoms with van der Waals surface area (Å²) in [6.45, 7) is 4.90. The van der Waals surface area contributed by atoms with Crippen molar-refractivity contribution in [1.82, 2.24) is 4.90 Å². The van der Waals surface area contributed by atoms with Gasteiger partial charge in [0.25, 0.3) is 5.91 Å². The number of hydrogen-bond donors (Lipinski definition) is 1. The zero-order chi connectivity index (χ0) is 16.5. The van der Waals surface area contributed by atoms with Crippen molar-refractivity contribution in [2.24, 2.45) is 0 Å². The number of hydrogen-bond acceptors (Lipinski definition) is 3. The predicted octanol–water partition coefficient (Wildman–Crippen LogP) is 3.40. The summed E-state index contributed by atoms with van der Waals surface area (Å²) in [6.07, 6.45) is 0.778. The summed E-state index contributed by atoms with van der Waals surface area (Å²) in [4.78, 5) is 14.1. The van der Waals surface area contributed by atoms with Gasteiger partial charge in [-0.1, -0.05) is 36.4 Å². The minimum atomic E-state index is -0.429. The predicted molar refractivity (Wildman–Crippen MR) is 94.2 cm³/mol. The highest BCUT2D eigenvalue weighted by atomic mass is 16.5. The van der Waals surface area contributed by atoms with Crippen LogP contribution in [0.3, 0.4) is 0 Å². The fraction of sp³-hybridized carbons (Fsp3) is 0.350. The van der Waals surface area contributed by atoms with Crippen molar-refractivity contribution in [3.63, 3.8) is 0 Å². The summed E-state index contributed by atoms with van der Waals surface area (Å²) >= 11 is 0. The molecule has 1 N–H and O–H groups in total. The van der Waals surface area contributed by atoms with Crippen molar-refractivity contribution in [1.29, 1.82) is 0 Å². The van der Waals surface area contributed by atoms with Gasteiger partial charge in [-0.25, -0.2) is 0 Å². The molecule has 124 valence electrons. The van der Waals surface area contributed by atoms with Crippen LogP contribution in [0.15, 0.2) is 48.5 Å². The molecule has 0 spiro atoms. The third-order valence-corrected chi connectivity index (χ3v) is 4.93. The number of nitrogens with zero attached hydrogens (tertiary/aromatic N) is 1. The SMILES string of the molecule is CC1Oc2cc(CN3CC[C@H](c4ccccc4)C3)ccc2NC1=O. The number of rotatable bonds is 3. The van der Waals surface area contributed by atoms with Crippen molar-refractivity contribution in [3.8, 4) is 5.75 Å². The lowest BCUT2D eigenvalue weighted by atomic mass is 9.99. The summed E-state index contributed by atoms with van der Waals surface area (Å²) in [5.41, 5.74) is 3.43. The topological polar surface area (TPSA) is 41.6 Å². The van der Waals surface area contributed by atoms with Crippen molar-refractivity contribution >= 4 is 11.6 Å². The van der Waals surface area contributed by atoms with Gasteiger partial charge in [0.2, 0.25) is 0 Å². The first-order valence-corrected chi connectivity index (χ1v) is 8.57. The van der Waals surface area contributed by atoms with Gasteiger partial charge in [0.15, 0.2) is 6.10 Å². The van der Waals surface area contributed by atoms with E-state index in [1.807, 2.05) is 6.07 Å². The summed E-state index contributed by atoms with van der Waals surface area (Å²) < 4.78 is 5.71. The molecule has 24 heavy (non-hydrogen) atoms. The third kappa shape index (κ3) is 3.02. The molecule has 0 radical (unpaired) electrons. The minimum absolute atomic E-state index is 0.0829. The normalized spacial score (nSPS) is 23.5. The first kappa shape index (κ1) is 15.2. The van der Waals surface area contributed by atoms with Gasteiger partial charge < -0.3 is 10.1 Å². The van der Waals surface area contributed by atoms with Crippen LogP contribution in [0, 0.1) is 0 Å². The molecule has 1 unspecified atom stereocenters. The first-order valence-electron chi connectivity index (χ1n) is 8.57. The molecule has 2 aromatic carbocycles. The van der Waals surface area contributed by atoms with Gasteiger partial charge >= 0.3 is 0 Å². The fourth-order valence-corrected chi connectivity index (χ4v) is 3.58. The summed E-state index contributed by atoms with van der Waals surface area (Å²) in [7, 11) is 0. The maximum Gasteiger partial charge on any atom is 0.265 e. The molecule has 4 rings (SSSR count). The molecule has 2 aliphatic heterocycles. The van der Waals surface area contributed by atoms with Crippen LogP contribution in [0.2, 0.25) is 0 Å². The average molecular weight is 322 g/mol. The van der Waals surface area contributed by atoms with Crippen LogP contribution in [0.4, 0.5) is 5.69 Å². The van der Waals surface area contributed by atoms with Crippen molar-refractivity contribution in [2.45, 2.75) is 31.9 Å². The maximum atomic E-state index is 11.6. The Morgan fingerprint density at radius 1 is 1.21 bits per heavy atom. The molecule has 4 heteroatoms. The molecule has 2 aliphatic rings. The molecule has 0 aliphatic carbocycles. The standard InChI is InChI=1S/C20H22N2O2/c1-14-20(23)21-18-8-7-15(11-19(18)24-14)12-22-10-9-17(13-22)16-5-3-2-4-6-16/h2-8,11,14,17H,9-10,12-13H2,1H3,(H,21,23)/t14?,17-/m0/s1. The largest absolute Gasteiger partial charge is 0.479 e. The zero-order valence-corrected chi connectivity index (χ0v) is 13.9. The number of anilines is 1. The number of ether oxygens (including phenoxy) is 1. The molecule has 2 heterocycles. The Balaban J connectivity index is 1.43. The smallest absolute Gasteiger partial charge is 0.265 e. The van der Waals surface area contributed by atoms with E-state index in [0.717, 1.165) is 31.1 Å². The van der Waals surface area contributed by atoms with E-state index in [4.69, 9.17) is 4.74 Å². The first-order chi connectivity index (χ1) is 11.7. The maximum absolute atomic E-state index is 11.6. The molecule has 2 atom stereocenters. The van der Waals surface area contributed by atoms with E-state index in [1.54, 1.807) is 6.92 Å². The number of benzene rings is 2. The number of fused-ring (bicyclic) bond motifs is 1. The van der Waals surface area contributed by atoms with Gasteiger partial charge in [-0.2, -0.15) is 0 Å². The van der Waals surface area contributed by atoms with Crippen molar-refractivity contribution < 1.29 is 9.53 Å². The van der Waals surface area contributed by atoms with Crippen molar-refractivity contribution in [2.75, 3.05) is 18.4 Å². The zero-order valence-electron chi connectivity index (χ0n) is 13.9. The Morgan fingerprint density at radius 2 is 2.04 bits per heavy atom. The number of carbonyl (C=O) groups is 1. The summed E-state index contributed by atoms with van der Waals surface area (Å²) in [5.74, 6) is 1.32. The Bertz CT molecular complexity index is 745. The van der Waals surface area contributed by atoms with E-state index in [-0.39, 0.29) is 5.91 Å². The fourth-order valence-electron chi connectivity index (χ4n) is 3.58. The summed E-state index contributed by atoms with van der Waals surface area (Å²) in [5, 5.41) is 2.88. The molecule has 2 aromatic rings. The molecular formula is C20H22N2O2. The lowest BCUT2D eigenvalue weighted by Gasteiger charge is -2.24. The average Bonchev–Trinajstić information content (AvgIpc) is 3.05. The molecule has 0 saturated carbocycles. The van der Waals surface area contributed by atoms with Crippen LogP contribution >= 0.6 is 0 Å².